The number of hydrogen-bond donors (Lipinski definition) is 2. The van der Waals surface area contributed by atoms with Crippen molar-refractivity contribution in [1.29, 1.82) is 0 Å². The topological polar surface area (TPSA) is 49.3 Å². The highest BCUT2D eigenvalue weighted by atomic mass is 127. The molecule has 0 spiro atoms. The van der Waals surface area contributed by atoms with E-state index in [4.69, 9.17) is 11.6 Å². The molecule has 7 heteroatoms. The SMILES string of the molecule is CCNC(=NCCc1ccc(F)cc1C)NCCc1ccc(Cl)nc1.I. The summed E-state index contributed by atoms with van der Waals surface area (Å²) < 4.78 is 13.1. The standard InChI is InChI=1S/C19H24ClFN4.HI/c1-3-22-19(23-10-8-15-4-7-18(20)25-13-15)24-11-9-16-5-6-17(21)12-14(16)2;/h4-7,12-13H,3,8-11H2,1-2H3,(H2,22,23,24);1H. The summed E-state index contributed by atoms with van der Waals surface area (Å²) in [6.07, 6.45) is 3.40. The third-order valence-corrected chi connectivity index (χ3v) is 4.02. The smallest absolute Gasteiger partial charge is 0.191 e. The van der Waals surface area contributed by atoms with Crippen molar-refractivity contribution in [2.45, 2.75) is 26.7 Å². The van der Waals surface area contributed by atoms with Crippen LogP contribution in [0.25, 0.3) is 0 Å². The summed E-state index contributed by atoms with van der Waals surface area (Å²) in [6, 6.07) is 8.64. The van der Waals surface area contributed by atoms with Gasteiger partial charge in [-0.05, 0) is 61.6 Å². The van der Waals surface area contributed by atoms with Crippen molar-refractivity contribution < 1.29 is 4.39 Å². The Morgan fingerprint density at radius 3 is 2.65 bits per heavy atom. The van der Waals surface area contributed by atoms with Crippen LogP contribution in [0.1, 0.15) is 23.6 Å². The van der Waals surface area contributed by atoms with E-state index in [1.54, 1.807) is 18.3 Å². The van der Waals surface area contributed by atoms with E-state index in [1.807, 2.05) is 26.0 Å². The highest BCUT2D eigenvalue weighted by Gasteiger charge is 2.01. The Morgan fingerprint density at radius 2 is 2.00 bits per heavy atom. The summed E-state index contributed by atoms with van der Waals surface area (Å²) in [5.41, 5.74) is 3.20. The van der Waals surface area contributed by atoms with Crippen molar-refractivity contribution in [3.8, 4) is 0 Å². The van der Waals surface area contributed by atoms with E-state index in [9.17, 15) is 4.39 Å². The molecule has 2 rings (SSSR count). The maximum absolute atomic E-state index is 13.1. The van der Waals surface area contributed by atoms with Crippen LogP contribution in [0.3, 0.4) is 0 Å². The van der Waals surface area contributed by atoms with Gasteiger partial charge in [-0.1, -0.05) is 23.7 Å². The first kappa shape index (κ1) is 22.6. The van der Waals surface area contributed by atoms with E-state index >= 15 is 0 Å². The summed E-state index contributed by atoms with van der Waals surface area (Å²) in [4.78, 5) is 8.66. The van der Waals surface area contributed by atoms with E-state index in [2.05, 4.69) is 20.6 Å². The third-order valence-electron chi connectivity index (χ3n) is 3.79. The van der Waals surface area contributed by atoms with Crippen LogP contribution in [0, 0.1) is 12.7 Å². The molecular weight excluding hydrogens is 466 g/mol. The summed E-state index contributed by atoms with van der Waals surface area (Å²) in [6.45, 7) is 6.15. The zero-order chi connectivity index (χ0) is 18.1. The molecule has 2 aromatic rings. The molecule has 0 saturated heterocycles. The van der Waals surface area contributed by atoms with Gasteiger partial charge in [0.1, 0.15) is 11.0 Å². The molecule has 2 N–H and O–H groups in total. The van der Waals surface area contributed by atoms with Gasteiger partial charge in [0.25, 0.3) is 0 Å². The summed E-state index contributed by atoms with van der Waals surface area (Å²) in [5.74, 6) is 0.584. The number of nitrogens with one attached hydrogen (secondary N) is 2. The Balaban J connectivity index is 0.00000338. The molecule has 0 aliphatic rings. The number of hydrogen-bond acceptors (Lipinski definition) is 2. The average molecular weight is 491 g/mol. The highest BCUT2D eigenvalue weighted by Crippen LogP contribution is 2.10. The van der Waals surface area contributed by atoms with Crippen LogP contribution in [-0.4, -0.2) is 30.6 Å². The minimum Gasteiger partial charge on any atom is -0.357 e. The van der Waals surface area contributed by atoms with Gasteiger partial charge in [-0.3, -0.25) is 4.99 Å². The molecule has 4 nitrogen and oxygen atoms in total. The van der Waals surface area contributed by atoms with Crippen molar-refractivity contribution in [3.63, 3.8) is 0 Å². The number of aromatic nitrogens is 1. The average Bonchev–Trinajstić information content (AvgIpc) is 2.58. The van der Waals surface area contributed by atoms with Gasteiger partial charge in [-0.25, -0.2) is 9.37 Å². The summed E-state index contributed by atoms with van der Waals surface area (Å²) >= 11 is 5.79. The molecule has 0 atom stereocenters. The van der Waals surface area contributed by atoms with Gasteiger partial charge in [0.15, 0.2) is 5.96 Å². The molecule has 0 bridgehead atoms. The van der Waals surface area contributed by atoms with Crippen LogP contribution in [0.4, 0.5) is 4.39 Å². The Hall–Kier alpha value is -1.41. The molecule has 1 aromatic heterocycles. The van der Waals surface area contributed by atoms with Crippen LogP contribution in [0.15, 0.2) is 41.5 Å². The maximum Gasteiger partial charge on any atom is 0.191 e. The zero-order valence-electron chi connectivity index (χ0n) is 15.1. The number of benzene rings is 1. The van der Waals surface area contributed by atoms with E-state index < -0.39 is 0 Å². The highest BCUT2D eigenvalue weighted by molar-refractivity contribution is 14.0. The molecule has 1 heterocycles. The Labute approximate surface area is 176 Å². The first-order chi connectivity index (χ1) is 12.1. The Bertz CT molecular complexity index is 707. The van der Waals surface area contributed by atoms with Gasteiger partial charge in [-0.15, -0.1) is 24.0 Å². The van der Waals surface area contributed by atoms with Crippen molar-refractivity contribution in [3.05, 3.63) is 64.2 Å². The minimum absolute atomic E-state index is 0. The van der Waals surface area contributed by atoms with Crippen LogP contribution in [0.2, 0.25) is 5.15 Å². The van der Waals surface area contributed by atoms with Crippen LogP contribution < -0.4 is 10.6 Å². The molecule has 0 unspecified atom stereocenters. The summed E-state index contributed by atoms with van der Waals surface area (Å²) in [7, 11) is 0. The Morgan fingerprint density at radius 1 is 1.19 bits per heavy atom. The number of guanidine groups is 1. The first-order valence-corrected chi connectivity index (χ1v) is 8.84. The number of rotatable bonds is 7. The fourth-order valence-electron chi connectivity index (χ4n) is 2.45. The number of aliphatic imine (C=N–C) groups is 1. The maximum atomic E-state index is 13.1. The van der Waals surface area contributed by atoms with Crippen molar-refractivity contribution in [2.75, 3.05) is 19.6 Å². The molecule has 26 heavy (non-hydrogen) atoms. The van der Waals surface area contributed by atoms with E-state index in [1.165, 1.54) is 6.07 Å². The third kappa shape index (κ3) is 7.86. The predicted octanol–water partition coefficient (Wildman–Crippen LogP) is 4.14. The number of nitrogens with zero attached hydrogens (tertiary/aromatic N) is 2. The molecule has 142 valence electrons. The molecule has 0 radical (unpaired) electrons. The van der Waals surface area contributed by atoms with Crippen LogP contribution >= 0.6 is 35.6 Å². The molecule has 0 saturated carbocycles. The van der Waals surface area contributed by atoms with Gasteiger partial charge in [0, 0.05) is 25.8 Å². The molecule has 0 aliphatic heterocycles. The van der Waals surface area contributed by atoms with Gasteiger partial charge in [-0.2, -0.15) is 0 Å². The molecule has 1 aromatic carbocycles. The lowest BCUT2D eigenvalue weighted by Crippen LogP contribution is -2.38. The Kier molecular flexibility index (Phi) is 10.5. The second-order valence-electron chi connectivity index (χ2n) is 5.75. The van der Waals surface area contributed by atoms with Gasteiger partial charge in [0.2, 0.25) is 0 Å². The lowest BCUT2D eigenvalue weighted by molar-refractivity contribution is 0.625. The fourth-order valence-corrected chi connectivity index (χ4v) is 2.56. The van der Waals surface area contributed by atoms with Gasteiger partial charge >= 0.3 is 0 Å². The first-order valence-electron chi connectivity index (χ1n) is 8.46. The van der Waals surface area contributed by atoms with Crippen molar-refractivity contribution >= 4 is 41.5 Å². The van der Waals surface area contributed by atoms with Crippen molar-refractivity contribution in [1.82, 2.24) is 15.6 Å². The molecule has 0 fully saturated rings. The van der Waals surface area contributed by atoms with Crippen LogP contribution in [-0.2, 0) is 12.8 Å². The lowest BCUT2D eigenvalue weighted by Gasteiger charge is -2.11. The van der Waals surface area contributed by atoms with Gasteiger partial charge < -0.3 is 10.6 Å². The second kappa shape index (κ2) is 12.1. The molecule has 0 aliphatic carbocycles. The van der Waals surface area contributed by atoms with Crippen LogP contribution in [0.5, 0.6) is 0 Å². The number of aryl methyl sites for hydroxylation is 1. The minimum atomic E-state index is -0.198. The van der Waals surface area contributed by atoms with E-state index in [0.717, 1.165) is 48.6 Å². The van der Waals surface area contributed by atoms with Gasteiger partial charge in [0.05, 0.1) is 0 Å². The van der Waals surface area contributed by atoms with Crippen molar-refractivity contribution in [2.24, 2.45) is 4.99 Å². The number of pyridine rings is 1. The summed E-state index contributed by atoms with van der Waals surface area (Å²) in [5, 5.41) is 7.04. The normalized spacial score (nSPS) is 11.0. The van der Waals surface area contributed by atoms with E-state index in [0.29, 0.717) is 11.7 Å². The molecule has 0 amide bonds. The largest absolute Gasteiger partial charge is 0.357 e. The molecular formula is C19H25ClFIN4. The van der Waals surface area contributed by atoms with E-state index in [-0.39, 0.29) is 29.8 Å². The second-order valence-corrected chi connectivity index (χ2v) is 6.13. The predicted molar refractivity (Wildman–Crippen MR) is 117 cm³/mol. The lowest BCUT2D eigenvalue weighted by atomic mass is 10.1. The monoisotopic (exact) mass is 490 g/mol. The number of halogens is 3. The fraction of sp³-hybridized carbons (Fsp3) is 0.368. The quantitative estimate of drug-likeness (QED) is 0.265. The zero-order valence-corrected chi connectivity index (χ0v) is 18.1.